The highest BCUT2D eigenvalue weighted by Crippen LogP contribution is 2.38. The second kappa shape index (κ2) is 5.07. The third-order valence-electron chi connectivity index (χ3n) is 3.83. The Labute approximate surface area is 122 Å². The Kier molecular flexibility index (Phi) is 3.54. The van der Waals surface area contributed by atoms with Gasteiger partial charge in [0.05, 0.1) is 0 Å². The van der Waals surface area contributed by atoms with Gasteiger partial charge in [0.15, 0.2) is 0 Å². The first kappa shape index (κ1) is 13.9. The molecule has 0 bridgehead atoms. The van der Waals surface area contributed by atoms with Crippen LogP contribution in [-0.2, 0) is 13.8 Å². The summed E-state index contributed by atoms with van der Waals surface area (Å²) in [6.07, 6.45) is 7.20. The fourth-order valence-corrected chi connectivity index (χ4v) is 3.37. The lowest BCUT2D eigenvalue weighted by Gasteiger charge is -2.12. The minimum Gasteiger partial charge on any atom is -0.458 e. The van der Waals surface area contributed by atoms with Crippen LogP contribution < -0.4 is 0 Å². The standard InChI is InChI=1S/C13H16ClNO4S/c14-20(17,18)11-7-12(15(8-11)9-5-6-9)13(16)19-10-3-1-2-4-10/h7-10H,1-6H2. The lowest BCUT2D eigenvalue weighted by Crippen LogP contribution is -2.17. The van der Waals surface area contributed by atoms with Crippen LogP contribution in [-0.4, -0.2) is 25.1 Å². The lowest BCUT2D eigenvalue weighted by molar-refractivity contribution is 0.0305. The van der Waals surface area contributed by atoms with Crippen molar-refractivity contribution in [3.63, 3.8) is 0 Å². The number of nitrogens with zero attached hydrogens (tertiary/aromatic N) is 1. The number of esters is 1. The molecule has 0 unspecified atom stereocenters. The number of aromatic nitrogens is 1. The Morgan fingerprint density at radius 2 is 1.90 bits per heavy atom. The fourth-order valence-electron chi connectivity index (χ4n) is 2.62. The van der Waals surface area contributed by atoms with Crippen LogP contribution in [0, 0.1) is 0 Å². The van der Waals surface area contributed by atoms with E-state index in [1.807, 2.05) is 0 Å². The average molecular weight is 318 g/mol. The first-order valence-corrected chi connectivity index (χ1v) is 9.13. The summed E-state index contributed by atoms with van der Waals surface area (Å²) in [5.74, 6) is -0.449. The maximum atomic E-state index is 12.2. The lowest BCUT2D eigenvalue weighted by atomic mass is 10.3. The van der Waals surface area contributed by atoms with Crippen LogP contribution in [0.2, 0.25) is 0 Å². The van der Waals surface area contributed by atoms with Gasteiger partial charge in [-0.1, -0.05) is 0 Å². The molecule has 1 aromatic rings. The molecule has 20 heavy (non-hydrogen) atoms. The molecule has 0 atom stereocenters. The molecular formula is C13H16ClNO4S. The summed E-state index contributed by atoms with van der Waals surface area (Å²) in [5.41, 5.74) is 0.290. The average Bonchev–Trinajstić information content (AvgIpc) is 2.90. The monoisotopic (exact) mass is 317 g/mol. The van der Waals surface area contributed by atoms with Crippen molar-refractivity contribution in [2.24, 2.45) is 0 Å². The number of hydrogen-bond donors (Lipinski definition) is 0. The Morgan fingerprint density at radius 3 is 2.45 bits per heavy atom. The second-order valence-corrected chi connectivity index (χ2v) is 8.02. The molecule has 2 fully saturated rings. The maximum absolute atomic E-state index is 12.2. The van der Waals surface area contributed by atoms with Gasteiger partial charge in [0, 0.05) is 22.9 Å². The zero-order valence-electron chi connectivity index (χ0n) is 10.9. The van der Waals surface area contributed by atoms with E-state index in [-0.39, 0.29) is 17.0 Å². The van der Waals surface area contributed by atoms with Crippen LogP contribution in [0.4, 0.5) is 0 Å². The van der Waals surface area contributed by atoms with E-state index in [9.17, 15) is 13.2 Å². The van der Waals surface area contributed by atoms with E-state index >= 15 is 0 Å². The van der Waals surface area contributed by atoms with E-state index in [4.69, 9.17) is 15.4 Å². The van der Waals surface area contributed by atoms with Crippen LogP contribution >= 0.6 is 10.7 Å². The van der Waals surface area contributed by atoms with Gasteiger partial charge in [0.1, 0.15) is 16.7 Å². The Bertz CT molecular complexity index is 627. The highest BCUT2D eigenvalue weighted by molar-refractivity contribution is 8.13. The first-order valence-electron chi connectivity index (χ1n) is 6.82. The number of hydrogen-bond acceptors (Lipinski definition) is 4. The number of carbonyl (C=O) groups excluding carboxylic acids is 1. The van der Waals surface area contributed by atoms with Crippen LogP contribution in [0.15, 0.2) is 17.2 Å². The SMILES string of the molecule is O=C(OC1CCCC1)c1cc(S(=O)(=O)Cl)cn1C1CC1. The molecule has 2 saturated carbocycles. The number of rotatable bonds is 4. The molecular weight excluding hydrogens is 302 g/mol. The van der Waals surface area contributed by atoms with Gasteiger partial charge >= 0.3 is 5.97 Å². The summed E-state index contributed by atoms with van der Waals surface area (Å²) in [6.45, 7) is 0. The molecule has 1 heterocycles. The van der Waals surface area contributed by atoms with Gasteiger partial charge in [-0.15, -0.1) is 0 Å². The van der Waals surface area contributed by atoms with Crippen LogP contribution in [0.25, 0.3) is 0 Å². The van der Waals surface area contributed by atoms with E-state index < -0.39 is 15.0 Å². The smallest absolute Gasteiger partial charge is 0.355 e. The summed E-state index contributed by atoms with van der Waals surface area (Å²) in [4.78, 5) is 12.2. The predicted octanol–water partition coefficient (Wildman–Crippen LogP) is 2.85. The number of carbonyl (C=O) groups is 1. The Hall–Kier alpha value is -1.01. The second-order valence-electron chi connectivity index (χ2n) is 5.45. The van der Waals surface area contributed by atoms with Gasteiger partial charge < -0.3 is 9.30 Å². The molecule has 0 radical (unpaired) electrons. The summed E-state index contributed by atoms with van der Waals surface area (Å²) in [7, 11) is 1.52. The van der Waals surface area contributed by atoms with Gasteiger partial charge in [-0.3, -0.25) is 0 Å². The zero-order chi connectivity index (χ0) is 14.3. The van der Waals surface area contributed by atoms with Crippen LogP contribution in [0.1, 0.15) is 55.1 Å². The molecule has 2 aliphatic carbocycles. The predicted molar refractivity (Wildman–Crippen MR) is 73.4 cm³/mol. The van der Waals surface area contributed by atoms with Crippen LogP contribution in [0.3, 0.4) is 0 Å². The molecule has 0 aromatic carbocycles. The number of halogens is 1. The minimum atomic E-state index is -3.83. The van der Waals surface area contributed by atoms with E-state index in [0.29, 0.717) is 5.69 Å². The third-order valence-corrected chi connectivity index (χ3v) is 5.15. The third kappa shape index (κ3) is 2.86. The largest absolute Gasteiger partial charge is 0.458 e. The molecule has 1 aromatic heterocycles. The molecule has 2 aliphatic rings. The zero-order valence-corrected chi connectivity index (χ0v) is 12.5. The summed E-state index contributed by atoms with van der Waals surface area (Å²) < 4.78 is 29.9. The molecule has 3 rings (SSSR count). The highest BCUT2D eigenvalue weighted by atomic mass is 35.7. The minimum absolute atomic E-state index is 0.0376. The van der Waals surface area contributed by atoms with E-state index in [1.54, 1.807) is 4.57 Å². The van der Waals surface area contributed by atoms with Crippen molar-refractivity contribution < 1.29 is 17.9 Å². The van der Waals surface area contributed by atoms with Crippen molar-refractivity contribution in [1.82, 2.24) is 4.57 Å². The van der Waals surface area contributed by atoms with E-state index in [1.165, 1.54) is 12.3 Å². The van der Waals surface area contributed by atoms with Gasteiger partial charge in [0.2, 0.25) is 0 Å². The highest BCUT2D eigenvalue weighted by Gasteiger charge is 2.31. The van der Waals surface area contributed by atoms with Gasteiger partial charge in [-0.05, 0) is 44.6 Å². The van der Waals surface area contributed by atoms with Gasteiger partial charge in [-0.2, -0.15) is 0 Å². The van der Waals surface area contributed by atoms with Crippen molar-refractivity contribution in [1.29, 1.82) is 0 Å². The molecule has 0 N–H and O–H groups in total. The Morgan fingerprint density at radius 1 is 1.25 bits per heavy atom. The molecule has 5 nitrogen and oxygen atoms in total. The summed E-state index contributed by atoms with van der Waals surface area (Å²) >= 11 is 0. The van der Waals surface area contributed by atoms with E-state index in [0.717, 1.165) is 38.5 Å². The molecule has 0 aliphatic heterocycles. The van der Waals surface area contributed by atoms with Crippen molar-refractivity contribution in [3.8, 4) is 0 Å². The van der Waals surface area contributed by atoms with Crippen molar-refractivity contribution >= 4 is 25.7 Å². The maximum Gasteiger partial charge on any atom is 0.355 e. The Balaban J connectivity index is 1.86. The molecule has 0 spiro atoms. The summed E-state index contributed by atoms with van der Waals surface area (Å²) in [5, 5.41) is 0. The number of ether oxygens (including phenoxy) is 1. The van der Waals surface area contributed by atoms with Crippen molar-refractivity contribution in [2.45, 2.75) is 55.6 Å². The molecule has 110 valence electrons. The quantitative estimate of drug-likeness (QED) is 0.632. The van der Waals surface area contributed by atoms with Crippen LogP contribution in [0.5, 0.6) is 0 Å². The van der Waals surface area contributed by atoms with E-state index in [2.05, 4.69) is 0 Å². The summed E-state index contributed by atoms with van der Waals surface area (Å²) in [6, 6.07) is 1.51. The fraction of sp³-hybridized carbons (Fsp3) is 0.615. The van der Waals surface area contributed by atoms with Crippen molar-refractivity contribution in [3.05, 3.63) is 18.0 Å². The van der Waals surface area contributed by atoms with Gasteiger partial charge in [-0.25, -0.2) is 13.2 Å². The van der Waals surface area contributed by atoms with Crippen molar-refractivity contribution in [2.75, 3.05) is 0 Å². The first-order chi connectivity index (χ1) is 9.45. The molecule has 0 saturated heterocycles. The molecule has 7 heteroatoms. The molecule has 0 amide bonds. The topological polar surface area (TPSA) is 65.4 Å². The van der Waals surface area contributed by atoms with Gasteiger partial charge in [0.25, 0.3) is 9.05 Å². The normalized spacial score (nSPS) is 20.2.